The second-order valence-electron chi connectivity index (χ2n) is 9.41. The number of nitrogens with zero attached hydrogens (tertiary/aromatic N) is 2. The van der Waals surface area contributed by atoms with Crippen molar-refractivity contribution in [2.45, 2.75) is 0 Å². The lowest BCUT2D eigenvalue weighted by Gasteiger charge is -2.37. The summed E-state index contributed by atoms with van der Waals surface area (Å²) in [5.74, 6) is 0.598. The summed E-state index contributed by atoms with van der Waals surface area (Å²) in [6.07, 6.45) is 2.88. The summed E-state index contributed by atoms with van der Waals surface area (Å²) >= 11 is 23.6. The van der Waals surface area contributed by atoms with Crippen LogP contribution in [0.3, 0.4) is 0 Å². The SMILES string of the molecule is O=C(/C=C/c1ccc(-c2ccc(Cl)cc2Cl)o1)NC(=S)Nc1ccccc1N1CCN(C(=O)c2ccc(Cl)cc2)CC1. The number of carbonyl (C=O) groups is 2. The van der Waals surface area contributed by atoms with Crippen LogP contribution >= 0.6 is 47.0 Å². The van der Waals surface area contributed by atoms with Gasteiger partial charge in [0.1, 0.15) is 11.5 Å². The van der Waals surface area contributed by atoms with Crippen molar-refractivity contribution in [2.75, 3.05) is 36.4 Å². The number of nitrogens with one attached hydrogen (secondary N) is 2. The molecular formula is C31H25Cl3N4O3S. The molecular weight excluding hydrogens is 615 g/mol. The van der Waals surface area contributed by atoms with Gasteiger partial charge in [-0.1, -0.05) is 46.9 Å². The number of amides is 2. The van der Waals surface area contributed by atoms with Gasteiger partial charge in [-0.25, -0.2) is 0 Å². The standard InChI is InChI=1S/C31H25Cl3N4O3S/c32-21-7-5-20(6-8-21)30(40)38-17-15-37(16-18-38)27-4-2-1-3-26(27)35-31(42)36-29(39)14-11-23-10-13-28(41-23)24-12-9-22(33)19-25(24)34/h1-14,19H,15-18H2,(H2,35,36,39,42)/b14-11+. The zero-order valence-corrected chi connectivity index (χ0v) is 25.2. The fourth-order valence-electron chi connectivity index (χ4n) is 4.52. The number of furan rings is 1. The Bertz CT molecular complexity index is 1650. The summed E-state index contributed by atoms with van der Waals surface area (Å²) in [6, 6.07) is 23.2. The summed E-state index contributed by atoms with van der Waals surface area (Å²) in [5.41, 5.74) is 2.99. The summed E-state index contributed by atoms with van der Waals surface area (Å²) in [7, 11) is 0. The van der Waals surface area contributed by atoms with Gasteiger partial charge in [-0.05, 0) is 85.0 Å². The van der Waals surface area contributed by atoms with Crippen LogP contribution < -0.4 is 15.5 Å². The number of hydrogen-bond acceptors (Lipinski definition) is 5. The molecule has 0 atom stereocenters. The molecule has 4 aromatic rings. The summed E-state index contributed by atoms with van der Waals surface area (Å²) < 4.78 is 5.80. The lowest BCUT2D eigenvalue weighted by molar-refractivity contribution is -0.115. The number of anilines is 2. The highest BCUT2D eigenvalue weighted by molar-refractivity contribution is 7.80. The van der Waals surface area contributed by atoms with Crippen LogP contribution in [0, 0.1) is 0 Å². The van der Waals surface area contributed by atoms with Gasteiger partial charge in [0.2, 0.25) is 5.91 Å². The van der Waals surface area contributed by atoms with E-state index in [9.17, 15) is 9.59 Å². The van der Waals surface area contributed by atoms with Gasteiger partial charge in [-0.3, -0.25) is 14.9 Å². The van der Waals surface area contributed by atoms with E-state index in [2.05, 4.69) is 15.5 Å². The van der Waals surface area contributed by atoms with E-state index in [0.717, 1.165) is 11.4 Å². The van der Waals surface area contributed by atoms with Gasteiger partial charge < -0.3 is 19.5 Å². The average Bonchev–Trinajstić information content (AvgIpc) is 3.45. The van der Waals surface area contributed by atoms with E-state index in [1.807, 2.05) is 29.2 Å². The van der Waals surface area contributed by atoms with Crippen molar-refractivity contribution in [3.63, 3.8) is 0 Å². The van der Waals surface area contributed by atoms with E-state index in [1.165, 1.54) is 6.08 Å². The van der Waals surface area contributed by atoms with Gasteiger partial charge >= 0.3 is 0 Å². The van der Waals surface area contributed by atoms with Crippen molar-refractivity contribution >= 4 is 81.4 Å². The minimum absolute atomic E-state index is 0.0192. The molecule has 2 amide bonds. The number of hydrogen-bond donors (Lipinski definition) is 2. The zero-order chi connectivity index (χ0) is 29.6. The van der Waals surface area contributed by atoms with Crippen molar-refractivity contribution in [1.29, 1.82) is 0 Å². The highest BCUT2D eigenvalue weighted by Gasteiger charge is 2.23. The molecule has 2 N–H and O–H groups in total. The maximum atomic E-state index is 12.9. The van der Waals surface area contributed by atoms with Crippen molar-refractivity contribution in [3.05, 3.63) is 111 Å². The third-order valence-electron chi connectivity index (χ3n) is 6.61. The fourth-order valence-corrected chi connectivity index (χ4v) is 5.36. The quantitative estimate of drug-likeness (QED) is 0.169. The van der Waals surface area contributed by atoms with Crippen molar-refractivity contribution in [3.8, 4) is 11.3 Å². The topological polar surface area (TPSA) is 77.8 Å². The molecule has 0 spiro atoms. The highest BCUT2D eigenvalue weighted by Crippen LogP contribution is 2.32. The molecule has 0 bridgehead atoms. The largest absolute Gasteiger partial charge is 0.457 e. The maximum Gasteiger partial charge on any atom is 0.253 e. The molecule has 1 saturated heterocycles. The average molecular weight is 640 g/mol. The molecule has 1 aliphatic rings. The third-order valence-corrected chi connectivity index (χ3v) is 7.61. The minimum atomic E-state index is -0.415. The van der Waals surface area contributed by atoms with E-state index < -0.39 is 5.91 Å². The van der Waals surface area contributed by atoms with Crippen molar-refractivity contribution in [2.24, 2.45) is 0 Å². The molecule has 0 saturated carbocycles. The zero-order valence-electron chi connectivity index (χ0n) is 22.1. The Morgan fingerprint density at radius 2 is 1.57 bits per heavy atom. The van der Waals surface area contributed by atoms with E-state index >= 15 is 0 Å². The molecule has 42 heavy (non-hydrogen) atoms. The number of para-hydroxylation sites is 2. The Kier molecular flexibility index (Phi) is 9.49. The Morgan fingerprint density at radius 1 is 0.857 bits per heavy atom. The van der Waals surface area contributed by atoms with E-state index in [-0.39, 0.29) is 11.0 Å². The number of carbonyl (C=O) groups excluding carboxylic acids is 2. The number of piperazine rings is 1. The fraction of sp³-hybridized carbons (Fsp3) is 0.129. The lowest BCUT2D eigenvalue weighted by Crippen LogP contribution is -2.49. The van der Waals surface area contributed by atoms with Crippen LogP contribution in [-0.2, 0) is 4.79 Å². The number of halogens is 3. The Labute approximate surface area is 263 Å². The Morgan fingerprint density at radius 3 is 2.31 bits per heavy atom. The summed E-state index contributed by atoms with van der Waals surface area (Å²) in [6.45, 7) is 2.43. The molecule has 3 aromatic carbocycles. The minimum Gasteiger partial charge on any atom is -0.457 e. The summed E-state index contributed by atoms with van der Waals surface area (Å²) in [4.78, 5) is 29.4. The maximum absolute atomic E-state index is 12.9. The van der Waals surface area contributed by atoms with Crippen LogP contribution in [0.25, 0.3) is 17.4 Å². The van der Waals surface area contributed by atoms with Crippen molar-refractivity contribution < 1.29 is 14.0 Å². The van der Waals surface area contributed by atoms with Gasteiger partial charge in [0, 0.05) is 53.4 Å². The van der Waals surface area contributed by atoms with Gasteiger partial charge in [-0.15, -0.1) is 0 Å². The molecule has 11 heteroatoms. The highest BCUT2D eigenvalue weighted by atomic mass is 35.5. The first-order chi connectivity index (χ1) is 20.3. The third kappa shape index (κ3) is 7.33. The van der Waals surface area contributed by atoms with Crippen LogP contribution in [0.15, 0.2) is 89.4 Å². The van der Waals surface area contributed by atoms with Crippen LogP contribution in [-0.4, -0.2) is 48.0 Å². The molecule has 214 valence electrons. The first-order valence-corrected chi connectivity index (χ1v) is 14.5. The molecule has 0 radical (unpaired) electrons. The molecule has 2 heterocycles. The first-order valence-electron chi connectivity index (χ1n) is 13.0. The van der Waals surface area contributed by atoms with Gasteiger partial charge in [0.05, 0.1) is 16.4 Å². The van der Waals surface area contributed by atoms with E-state index in [1.54, 1.807) is 60.7 Å². The van der Waals surface area contributed by atoms with Gasteiger partial charge in [0.15, 0.2) is 5.11 Å². The Balaban J connectivity index is 1.15. The molecule has 1 aliphatic heterocycles. The second kappa shape index (κ2) is 13.4. The molecule has 1 aromatic heterocycles. The van der Waals surface area contributed by atoms with Crippen LogP contribution in [0.2, 0.25) is 15.1 Å². The normalized spacial score (nSPS) is 13.3. The van der Waals surface area contributed by atoms with Crippen LogP contribution in [0.4, 0.5) is 11.4 Å². The first kappa shape index (κ1) is 29.7. The molecule has 5 rings (SSSR count). The molecule has 1 fully saturated rings. The smallest absolute Gasteiger partial charge is 0.253 e. The van der Waals surface area contributed by atoms with E-state index in [4.69, 9.17) is 51.4 Å². The monoisotopic (exact) mass is 638 g/mol. The number of rotatable bonds is 6. The Hall–Kier alpha value is -3.82. The van der Waals surface area contributed by atoms with Crippen LogP contribution in [0.1, 0.15) is 16.1 Å². The molecule has 0 aliphatic carbocycles. The second-order valence-corrected chi connectivity index (χ2v) is 11.1. The van der Waals surface area contributed by atoms with Gasteiger partial charge in [0.25, 0.3) is 5.91 Å². The predicted molar refractivity (Wildman–Crippen MR) is 174 cm³/mol. The number of thiocarbonyl (C=S) groups is 1. The van der Waals surface area contributed by atoms with Gasteiger partial charge in [-0.2, -0.15) is 0 Å². The number of benzene rings is 3. The lowest BCUT2D eigenvalue weighted by atomic mass is 10.1. The molecule has 7 nitrogen and oxygen atoms in total. The molecule has 0 unspecified atom stereocenters. The van der Waals surface area contributed by atoms with Crippen LogP contribution in [0.5, 0.6) is 0 Å². The predicted octanol–water partition coefficient (Wildman–Crippen LogP) is 7.40. The van der Waals surface area contributed by atoms with Crippen molar-refractivity contribution in [1.82, 2.24) is 10.2 Å². The summed E-state index contributed by atoms with van der Waals surface area (Å²) in [5, 5.41) is 7.53. The van der Waals surface area contributed by atoms with E-state index in [0.29, 0.717) is 63.9 Å².